The van der Waals surface area contributed by atoms with Crippen LogP contribution in [0.15, 0.2) is 47.6 Å². The van der Waals surface area contributed by atoms with Gasteiger partial charge in [-0.3, -0.25) is 5.43 Å². The first kappa shape index (κ1) is 13.7. The van der Waals surface area contributed by atoms with E-state index < -0.39 is 0 Å². The van der Waals surface area contributed by atoms with E-state index in [9.17, 15) is 0 Å². The van der Waals surface area contributed by atoms with Crippen LogP contribution in [0.5, 0.6) is 0 Å². The predicted octanol–water partition coefficient (Wildman–Crippen LogP) is 3.23. The summed E-state index contributed by atoms with van der Waals surface area (Å²) in [5.74, 6) is 0. The van der Waals surface area contributed by atoms with Gasteiger partial charge in [0.05, 0.1) is 6.21 Å². The minimum atomic E-state index is 0.540. The topological polar surface area (TPSA) is 36.4 Å². The van der Waals surface area contributed by atoms with Crippen molar-refractivity contribution < 1.29 is 0 Å². The average Bonchev–Trinajstić information content (AvgIpc) is 2.89. The van der Waals surface area contributed by atoms with E-state index in [1.54, 1.807) is 17.6 Å². The van der Waals surface area contributed by atoms with Gasteiger partial charge in [0, 0.05) is 16.3 Å². The lowest BCUT2D eigenvalue weighted by atomic mass is 10.2. The van der Waals surface area contributed by atoms with Gasteiger partial charge in [-0.05, 0) is 36.8 Å². The summed E-state index contributed by atoms with van der Waals surface area (Å²) in [4.78, 5) is 2.32. The van der Waals surface area contributed by atoms with Gasteiger partial charge in [-0.15, -0.1) is 11.3 Å². The molecule has 2 N–H and O–H groups in total. The van der Waals surface area contributed by atoms with E-state index in [0.717, 1.165) is 11.4 Å². The zero-order valence-corrected chi connectivity index (χ0v) is 12.2. The molecule has 0 aliphatic heterocycles. The first-order chi connectivity index (χ1) is 9.29. The summed E-state index contributed by atoms with van der Waals surface area (Å²) in [5.41, 5.74) is 4.00. The van der Waals surface area contributed by atoms with E-state index in [1.807, 2.05) is 25.1 Å². The highest BCUT2D eigenvalue weighted by Crippen LogP contribution is 2.26. The Labute approximate surface area is 122 Å². The van der Waals surface area contributed by atoms with E-state index in [2.05, 4.69) is 40.1 Å². The van der Waals surface area contributed by atoms with Gasteiger partial charge in [0.1, 0.15) is 0 Å². The van der Waals surface area contributed by atoms with Crippen molar-refractivity contribution in [1.29, 1.82) is 0 Å². The molecule has 19 heavy (non-hydrogen) atoms. The molecule has 0 saturated carbocycles. The molecule has 0 saturated heterocycles. The van der Waals surface area contributed by atoms with Crippen molar-refractivity contribution in [3.8, 4) is 10.4 Å². The van der Waals surface area contributed by atoms with Crippen molar-refractivity contribution in [1.82, 2.24) is 10.7 Å². The summed E-state index contributed by atoms with van der Waals surface area (Å²) in [6.07, 6.45) is 1.78. The molecule has 0 spiro atoms. The van der Waals surface area contributed by atoms with Crippen molar-refractivity contribution in [2.24, 2.45) is 5.10 Å². The van der Waals surface area contributed by atoms with Crippen LogP contribution >= 0.6 is 23.6 Å². The standard InChI is InChI=1S/C14H15N3S2/c1-2-15-14(18)17-16-10-12-8-9-13(19-12)11-6-4-3-5-7-11/h3-10H,2H2,1H3,(H2,15,17,18)/b16-10-. The van der Waals surface area contributed by atoms with Gasteiger partial charge in [0.2, 0.25) is 0 Å². The maximum atomic E-state index is 5.02. The summed E-state index contributed by atoms with van der Waals surface area (Å²) in [5, 5.41) is 7.61. The molecule has 0 amide bonds. The van der Waals surface area contributed by atoms with Crippen LogP contribution in [0.25, 0.3) is 10.4 Å². The van der Waals surface area contributed by atoms with Gasteiger partial charge in [-0.2, -0.15) is 5.10 Å². The van der Waals surface area contributed by atoms with E-state index in [4.69, 9.17) is 12.2 Å². The highest BCUT2D eigenvalue weighted by Gasteiger charge is 2.00. The molecule has 0 fully saturated rings. The molecule has 0 radical (unpaired) electrons. The maximum absolute atomic E-state index is 5.02. The number of benzene rings is 1. The monoisotopic (exact) mass is 289 g/mol. The Kier molecular flexibility index (Phi) is 5.06. The molecule has 2 rings (SSSR count). The lowest BCUT2D eigenvalue weighted by Crippen LogP contribution is -2.31. The fourth-order valence-electron chi connectivity index (χ4n) is 1.53. The van der Waals surface area contributed by atoms with Gasteiger partial charge in [0.15, 0.2) is 5.11 Å². The molecule has 1 aromatic carbocycles. The van der Waals surface area contributed by atoms with Crippen LogP contribution in [0.1, 0.15) is 11.8 Å². The third-order valence-electron chi connectivity index (χ3n) is 2.38. The number of hydrogen-bond acceptors (Lipinski definition) is 3. The smallest absolute Gasteiger partial charge is 0.186 e. The lowest BCUT2D eigenvalue weighted by molar-refractivity contribution is 0.904. The van der Waals surface area contributed by atoms with Crippen LogP contribution in [-0.2, 0) is 0 Å². The molecule has 1 aromatic heterocycles. The number of thiophene rings is 1. The Morgan fingerprint density at radius 1 is 1.26 bits per heavy atom. The fourth-order valence-corrected chi connectivity index (χ4v) is 2.62. The second kappa shape index (κ2) is 7.01. The molecular weight excluding hydrogens is 274 g/mol. The molecule has 0 aliphatic rings. The molecule has 0 aliphatic carbocycles. The van der Waals surface area contributed by atoms with Gasteiger partial charge in [-0.25, -0.2) is 0 Å². The molecule has 3 nitrogen and oxygen atoms in total. The summed E-state index contributed by atoms with van der Waals surface area (Å²) in [6.45, 7) is 2.78. The fraction of sp³-hybridized carbons (Fsp3) is 0.143. The maximum Gasteiger partial charge on any atom is 0.186 e. The van der Waals surface area contributed by atoms with Crippen molar-refractivity contribution in [2.45, 2.75) is 6.92 Å². The van der Waals surface area contributed by atoms with Crippen molar-refractivity contribution in [2.75, 3.05) is 6.54 Å². The molecular formula is C14H15N3S2. The molecule has 98 valence electrons. The average molecular weight is 289 g/mol. The summed E-state index contributed by atoms with van der Waals surface area (Å²) < 4.78 is 0. The first-order valence-corrected chi connectivity index (χ1v) is 7.24. The van der Waals surface area contributed by atoms with Gasteiger partial charge >= 0.3 is 0 Å². The number of nitrogens with zero attached hydrogens (tertiary/aromatic N) is 1. The van der Waals surface area contributed by atoms with E-state index in [-0.39, 0.29) is 0 Å². The third-order valence-corrected chi connectivity index (χ3v) is 3.68. The third kappa shape index (κ3) is 4.15. The Bertz CT molecular complexity index is 561. The van der Waals surface area contributed by atoms with Crippen molar-refractivity contribution >= 4 is 34.9 Å². The number of rotatable bonds is 4. The highest BCUT2D eigenvalue weighted by molar-refractivity contribution is 7.80. The minimum Gasteiger partial charge on any atom is -0.362 e. The summed E-state index contributed by atoms with van der Waals surface area (Å²) in [7, 11) is 0. The summed E-state index contributed by atoms with van der Waals surface area (Å²) >= 11 is 6.72. The molecule has 0 bridgehead atoms. The molecule has 0 atom stereocenters. The molecule has 5 heteroatoms. The zero-order chi connectivity index (χ0) is 13.5. The van der Waals surface area contributed by atoms with Crippen molar-refractivity contribution in [3.05, 3.63) is 47.3 Å². The van der Waals surface area contributed by atoms with Crippen LogP contribution in [0, 0.1) is 0 Å². The van der Waals surface area contributed by atoms with Crippen LogP contribution in [0.3, 0.4) is 0 Å². The van der Waals surface area contributed by atoms with E-state index in [1.165, 1.54) is 10.4 Å². The number of hydrogen-bond donors (Lipinski definition) is 2. The van der Waals surface area contributed by atoms with E-state index >= 15 is 0 Å². The molecule has 2 aromatic rings. The number of nitrogens with one attached hydrogen (secondary N) is 2. The zero-order valence-electron chi connectivity index (χ0n) is 10.6. The largest absolute Gasteiger partial charge is 0.362 e. The van der Waals surface area contributed by atoms with Crippen molar-refractivity contribution in [3.63, 3.8) is 0 Å². The Morgan fingerprint density at radius 2 is 2.05 bits per heavy atom. The highest BCUT2D eigenvalue weighted by atomic mass is 32.1. The Hall–Kier alpha value is -1.72. The predicted molar refractivity (Wildman–Crippen MR) is 86.8 cm³/mol. The summed E-state index contributed by atoms with van der Waals surface area (Å²) in [6, 6.07) is 14.5. The number of thiocarbonyl (C=S) groups is 1. The second-order valence-electron chi connectivity index (χ2n) is 3.80. The molecule has 1 heterocycles. The minimum absolute atomic E-state index is 0.540. The van der Waals surface area contributed by atoms with Gasteiger partial charge in [-0.1, -0.05) is 30.3 Å². The first-order valence-electron chi connectivity index (χ1n) is 6.01. The van der Waals surface area contributed by atoms with Crippen LogP contribution in [0.4, 0.5) is 0 Å². The quantitative estimate of drug-likeness (QED) is 0.515. The van der Waals surface area contributed by atoms with Gasteiger partial charge in [0.25, 0.3) is 0 Å². The Balaban J connectivity index is 1.98. The van der Waals surface area contributed by atoms with Gasteiger partial charge < -0.3 is 5.32 Å². The second-order valence-corrected chi connectivity index (χ2v) is 5.32. The SMILES string of the molecule is CCNC(=S)N/N=C\c1ccc(-c2ccccc2)s1. The lowest BCUT2D eigenvalue weighted by Gasteiger charge is -2.01. The van der Waals surface area contributed by atoms with Crippen LogP contribution in [-0.4, -0.2) is 17.9 Å². The van der Waals surface area contributed by atoms with Crippen LogP contribution in [0.2, 0.25) is 0 Å². The number of hydrazone groups is 1. The normalized spacial score (nSPS) is 10.6. The van der Waals surface area contributed by atoms with E-state index in [0.29, 0.717) is 5.11 Å². The molecule has 0 unspecified atom stereocenters. The van der Waals surface area contributed by atoms with Crippen LogP contribution < -0.4 is 10.7 Å². The Morgan fingerprint density at radius 3 is 2.79 bits per heavy atom.